The molecule has 0 saturated heterocycles. The largest absolute Gasteiger partial charge is 0.573 e. The fraction of sp³-hybridized carbons (Fsp3) is 0.188. The van der Waals surface area contributed by atoms with Crippen molar-refractivity contribution in [2.75, 3.05) is 0 Å². The molecule has 0 atom stereocenters. The van der Waals surface area contributed by atoms with Gasteiger partial charge < -0.3 is 9.47 Å². The molecule has 0 saturated carbocycles. The van der Waals surface area contributed by atoms with Crippen LogP contribution in [0.5, 0.6) is 11.5 Å². The van der Waals surface area contributed by atoms with E-state index in [2.05, 4.69) is 28.2 Å². The van der Waals surface area contributed by atoms with Crippen LogP contribution in [0, 0.1) is 40.9 Å². The maximum Gasteiger partial charge on any atom is 0.573 e. The Hall–Kier alpha value is -4.66. The van der Waals surface area contributed by atoms with Gasteiger partial charge in [-0.2, -0.15) is 8.78 Å². The molecular weight excluding hydrogens is 606 g/mol. The molecule has 0 fully saturated rings. The maximum absolute atomic E-state index is 14.7. The van der Waals surface area contributed by atoms with Gasteiger partial charge in [-0.25, -0.2) is 22.0 Å². The standard InChI is InChI=1S/C32H20F10O2/c1-2-3-4-18-5-8-20(9-6-18)22-12-11-21(24(33)15-22)10-7-19-13-25(34)29(26(35)14-19)31(38,39)43-23-16-27(36)30(28(37)17-23)44-32(40,41)42/h5-6,8-9,11-17H,2-4H2,1H3. The summed E-state index contributed by atoms with van der Waals surface area (Å²) in [5.41, 5.74) is -0.130. The van der Waals surface area contributed by atoms with E-state index in [0.717, 1.165) is 30.4 Å². The third kappa shape index (κ3) is 7.83. The van der Waals surface area contributed by atoms with E-state index in [4.69, 9.17) is 0 Å². The van der Waals surface area contributed by atoms with Crippen molar-refractivity contribution in [2.24, 2.45) is 0 Å². The molecule has 4 rings (SSSR count). The van der Waals surface area contributed by atoms with Crippen molar-refractivity contribution >= 4 is 0 Å². The van der Waals surface area contributed by atoms with Crippen LogP contribution in [0.4, 0.5) is 43.9 Å². The maximum atomic E-state index is 14.7. The number of ether oxygens (including phenoxy) is 2. The molecule has 0 heterocycles. The van der Waals surface area contributed by atoms with Crippen LogP contribution in [-0.2, 0) is 12.5 Å². The van der Waals surface area contributed by atoms with Crippen LogP contribution >= 0.6 is 0 Å². The van der Waals surface area contributed by atoms with Gasteiger partial charge >= 0.3 is 12.5 Å². The predicted molar refractivity (Wildman–Crippen MR) is 140 cm³/mol. The van der Waals surface area contributed by atoms with Crippen LogP contribution in [0.1, 0.15) is 42.0 Å². The number of benzene rings is 4. The molecule has 0 spiro atoms. The van der Waals surface area contributed by atoms with Crippen LogP contribution in [0.2, 0.25) is 0 Å². The van der Waals surface area contributed by atoms with Gasteiger partial charge in [-0.1, -0.05) is 55.5 Å². The first-order valence-electron chi connectivity index (χ1n) is 12.9. The quantitative estimate of drug-likeness (QED) is 0.143. The smallest absolute Gasteiger partial charge is 0.429 e. The van der Waals surface area contributed by atoms with Gasteiger partial charge in [0.25, 0.3) is 0 Å². The fourth-order valence-corrected chi connectivity index (χ4v) is 4.11. The van der Waals surface area contributed by atoms with Crippen LogP contribution in [-0.4, -0.2) is 6.36 Å². The normalized spacial score (nSPS) is 11.6. The molecule has 4 aromatic rings. The molecule has 44 heavy (non-hydrogen) atoms. The van der Waals surface area contributed by atoms with E-state index in [9.17, 15) is 43.9 Å². The highest BCUT2D eigenvalue weighted by Crippen LogP contribution is 2.38. The molecular formula is C32H20F10O2. The van der Waals surface area contributed by atoms with E-state index in [1.54, 1.807) is 6.07 Å². The molecule has 0 N–H and O–H groups in total. The molecule has 0 aromatic heterocycles. The third-order valence-corrected chi connectivity index (χ3v) is 6.19. The van der Waals surface area contributed by atoms with Crippen molar-refractivity contribution in [2.45, 2.75) is 38.7 Å². The molecule has 0 aliphatic rings. The summed E-state index contributed by atoms with van der Waals surface area (Å²) < 4.78 is 145. The lowest BCUT2D eigenvalue weighted by Crippen LogP contribution is -2.25. The zero-order valence-electron chi connectivity index (χ0n) is 22.6. The summed E-state index contributed by atoms with van der Waals surface area (Å²) in [5, 5.41) is 0. The van der Waals surface area contributed by atoms with Gasteiger partial charge in [0.2, 0.25) is 5.75 Å². The van der Waals surface area contributed by atoms with Gasteiger partial charge in [-0.05, 0) is 53.8 Å². The molecule has 0 bridgehead atoms. The van der Waals surface area contributed by atoms with Crippen molar-refractivity contribution < 1.29 is 53.4 Å². The number of alkyl halides is 5. The first-order valence-corrected chi connectivity index (χ1v) is 12.9. The van der Waals surface area contributed by atoms with Gasteiger partial charge in [-0.15, -0.1) is 13.2 Å². The molecule has 0 unspecified atom stereocenters. The third-order valence-electron chi connectivity index (χ3n) is 6.19. The average Bonchev–Trinajstić information content (AvgIpc) is 2.92. The number of hydrogen-bond acceptors (Lipinski definition) is 2. The van der Waals surface area contributed by atoms with Crippen molar-refractivity contribution in [1.29, 1.82) is 0 Å². The van der Waals surface area contributed by atoms with Crippen LogP contribution < -0.4 is 9.47 Å². The summed E-state index contributed by atoms with van der Waals surface area (Å²) in [7, 11) is 0. The first kappa shape index (κ1) is 32.3. The highest BCUT2D eigenvalue weighted by Gasteiger charge is 2.42. The summed E-state index contributed by atoms with van der Waals surface area (Å²) in [6, 6.07) is 12.4. The Bertz CT molecular complexity index is 1670. The zero-order valence-corrected chi connectivity index (χ0v) is 22.6. The van der Waals surface area contributed by atoms with E-state index in [1.807, 2.05) is 24.3 Å². The van der Waals surface area contributed by atoms with Crippen molar-refractivity contribution in [3.05, 3.63) is 118 Å². The molecule has 12 heteroatoms. The molecule has 0 aliphatic carbocycles. The Labute approximate surface area is 244 Å². The van der Waals surface area contributed by atoms with Gasteiger partial charge in [-0.3, -0.25) is 0 Å². The fourth-order valence-electron chi connectivity index (χ4n) is 4.11. The molecule has 0 amide bonds. The minimum Gasteiger partial charge on any atom is -0.429 e. The highest BCUT2D eigenvalue weighted by molar-refractivity contribution is 5.65. The Kier molecular flexibility index (Phi) is 9.47. The van der Waals surface area contributed by atoms with E-state index >= 15 is 0 Å². The lowest BCUT2D eigenvalue weighted by atomic mass is 10.0. The van der Waals surface area contributed by atoms with Crippen molar-refractivity contribution in [3.8, 4) is 34.5 Å². The van der Waals surface area contributed by atoms with Crippen LogP contribution in [0.25, 0.3) is 11.1 Å². The molecule has 4 aromatic carbocycles. The van der Waals surface area contributed by atoms with Crippen molar-refractivity contribution in [3.63, 3.8) is 0 Å². The number of rotatable bonds is 8. The predicted octanol–water partition coefficient (Wildman–Crippen LogP) is 9.82. The molecule has 0 radical (unpaired) electrons. The molecule has 2 nitrogen and oxygen atoms in total. The number of hydrogen-bond donors (Lipinski definition) is 0. The lowest BCUT2D eigenvalue weighted by molar-refractivity contribution is -0.276. The van der Waals surface area contributed by atoms with Gasteiger partial charge in [0.15, 0.2) is 11.6 Å². The second-order valence-electron chi connectivity index (χ2n) is 9.44. The minimum atomic E-state index is -5.50. The first-order chi connectivity index (χ1) is 20.7. The van der Waals surface area contributed by atoms with E-state index < -0.39 is 64.2 Å². The van der Waals surface area contributed by atoms with E-state index in [1.165, 1.54) is 12.1 Å². The number of halogens is 10. The van der Waals surface area contributed by atoms with Crippen molar-refractivity contribution in [1.82, 2.24) is 0 Å². The van der Waals surface area contributed by atoms with Gasteiger partial charge in [0.05, 0.1) is 5.56 Å². The minimum absolute atomic E-state index is 0.0871. The topological polar surface area (TPSA) is 18.5 Å². The second-order valence-corrected chi connectivity index (χ2v) is 9.44. The van der Waals surface area contributed by atoms with Crippen LogP contribution in [0.15, 0.2) is 66.7 Å². The van der Waals surface area contributed by atoms with Gasteiger partial charge in [0.1, 0.15) is 28.8 Å². The van der Waals surface area contributed by atoms with E-state index in [0.29, 0.717) is 17.7 Å². The second kappa shape index (κ2) is 12.9. The Balaban J connectivity index is 1.53. The summed E-state index contributed by atoms with van der Waals surface area (Å²) in [4.78, 5) is 0. The van der Waals surface area contributed by atoms with Crippen LogP contribution in [0.3, 0.4) is 0 Å². The SMILES string of the molecule is CCCCc1ccc(-c2ccc(C#Cc3cc(F)c(C(F)(F)Oc4cc(F)c(OC(F)(F)F)c(F)c4)c(F)c3)c(F)c2)cc1. The zero-order chi connectivity index (χ0) is 32.2. The number of unbranched alkanes of at least 4 members (excludes halogenated alkanes) is 1. The average molecular weight is 626 g/mol. The number of aryl methyl sites for hydroxylation is 1. The summed E-state index contributed by atoms with van der Waals surface area (Å²) in [6.07, 6.45) is -7.38. The lowest BCUT2D eigenvalue weighted by Gasteiger charge is -2.20. The molecule has 0 aliphatic heterocycles. The Morgan fingerprint density at radius 1 is 0.636 bits per heavy atom. The monoisotopic (exact) mass is 626 g/mol. The Morgan fingerprint density at radius 3 is 1.77 bits per heavy atom. The Morgan fingerprint density at radius 2 is 1.23 bits per heavy atom. The highest BCUT2D eigenvalue weighted by atomic mass is 19.4. The van der Waals surface area contributed by atoms with Gasteiger partial charge in [0, 0.05) is 17.7 Å². The summed E-state index contributed by atoms with van der Waals surface area (Å²) in [6.45, 7) is 2.08. The summed E-state index contributed by atoms with van der Waals surface area (Å²) in [5.74, 6) is -7.33. The summed E-state index contributed by atoms with van der Waals surface area (Å²) >= 11 is 0. The molecule has 230 valence electrons. The van der Waals surface area contributed by atoms with E-state index in [-0.39, 0.29) is 17.7 Å².